The Labute approximate surface area is 84.7 Å². The van der Waals surface area contributed by atoms with Gasteiger partial charge in [-0.1, -0.05) is 0 Å². The second-order valence-corrected chi connectivity index (χ2v) is 3.87. The largest absolute Gasteiger partial charge is 0.322 e. The summed E-state index contributed by atoms with van der Waals surface area (Å²) in [5.41, 5.74) is 6.83. The van der Waals surface area contributed by atoms with E-state index in [1.807, 2.05) is 35.9 Å². The Bertz CT molecular complexity index is 433. The third-order valence-electron chi connectivity index (χ3n) is 1.96. The van der Waals surface area contributed by atoms with Crippen LogP contribution in [0.25, 0.3) is 5.52 Å². The van der Waals surface area contributed by atoms with Crippen molar-refractivity contribution < 1.29 is 0 Å². The van der Waals surface area contributed by atoms with Crippen molar-refractivity contribution in [3.05, 3.63) is 34.8 Å². The SMILES string of the molecule is CC(N)c1ncc2c(Br)cccn12. The predicted molar refractivity (Wildman–Crippen MR) is 55.5 cm³/mol. The predicted octanol–water partition coefficient (Wildman–Crippen LogP) is 2.12. The molecule has 0 radical (unpaired) electrons. The maximum Gasteiger partial charge on any atom is 0.129 e. The average molecular weight is 240 g/mol. The maximum atomic E-state index is 5.78. The Balaban J connectivity index is 2.75. The van der Waals surface area contributed by atoms with Crippen molar-refractivity contribution in [2.45, 2.75) is 13.0 Å². The molecule has 68 valence electrons. The zero-order valence-corrected chi connectivity index (χ0v) is 8.82. The fourth-order valence-electron chi connectivity index (χ4n) is 1.34. The topological polar surface area (TPSA) is 43.3 Å². The number of hydrogen-bond donors (Lipinski definition) is 1. The van der Waals surface area contributed by atoms with Crippen LogP contribution in [0.15, 0.2) is 29.0 Å². The van der Waals surface area contributed by atoms with E-state index in [0.29, 0.717) is 0 Å². The van der Waals surface area contributed by atoms with E-state index in [-0.39, 0.29) is 6.04 Å². The van der Waals surface area contributed by atoms with E-state index in [1.165, 1.54) is 0 Å². The van der Waals surface area contributed by atoms with Gasteiger partial charge in [0.1, 0.15) is 5.82 Å². The average Bonchev–Trinajstić information content (AvgIpc) is 2.48. The number of fused-ring (bicyclic) bond motifs is 1. The number of rotatable bonds is 1. The molecule has 0 aliphatic rings. The molecule has 13 heavy (non-hydrogen) atoms. The molecule has 2 aromatic heterocycles. The van der Waals surface area contributed by atoms with E-state index in [2.05, 4.69) is 20.9 Å². The van der Waals surface area contributed by atoms with Gasteiger partial charge in [-0.15, -0.1) is 0 Å². The molecule has 2 rings (SSSR count). The summed E-state index contributed by atoms with van der Waals surface area (Å²) in [6.07, 6.45) is 3.79. The lowest BCUT2D eigenvalue weighted by Gasteiger charge is -2.04. The van der Waals surface area contributed by atoms with Crippen molar-refractivity contribution in [3.63, 3.8) is 0 Å². The minimum absolute atomic E-state index is 0.0446. The van der Waals surface area contributed by atoms with Gasteiger partial charge in [0.15, 0.2) is 0 Å². The Morgan fingerprint density at radius 2 is 2.38 bits per heavy atom. The minimum atomic E-state index is -0.0446. The smallest absolute Gasteiger partial charge is 0.129 e. The lowest BCUT2D eigenvalue weighted by Crippen LogP contribution is -2.09. The van der Waals surface area contributed by atoms with Crippen molar-refractivity contribution in [1.82, 2.24) is 9.38 Å². The van der Waals surface area contributed by atoms with Crippen LogP contribution in [0.5, 0.6) is 0 Å². The van der Waals surface area contributed by atoms with E-state index in [0.717, 1.165) is 15.8 Å². The summed E-state index contributed by atoms with van der Waals surface area (Å²) in [5.74, 6) is 0.885. The van der Waals surface area contributed by atoms with Gasteiger partial charge in [0.05, 0.1) is 17.8 Å². The quantitative estimate of drug-likeness (QED) is 0.829. The number of nitrogens with zero attached hydrogens (tertiary/aromatic N) is 2. The molecule has 0 spiro atoms. The molecule has 0 fully saturated rings. The number of aromatic nitrogens is 2. The van der Waals surface area contributed by atoms with Gasteiger partial charge in [0.2, 0.25) is 0 Å². The first-order valence-corrected chi connectivity index (χ1v) is 4.86. The maximum absolute atomic E-state index is 5.78. The van der Waals surface area contributed by atoms with Crippen LogP contribution < -0.4 is 5.73 Å². The number of imidazole rings is 1. The molecule has 3 nitrogen and oxygen atoms in total. The highest BCUT2D eigenvalue weighted by molar-refractivity contribution is 9.10. The molecule has 2 heterocycles. The zero-order valence-electron chi connectivity index (χ0n) is 7.24. The van der Waals surface area contributed by atoms with Gasteiger partial charge >= 0.3 is 0 Å². The fourth-order valence-corrected chi connectivity index (χ4v) is 1.79. The van der Waals surface area contributed by atoms with Crippen LogP contribution in [0, 0.1) is 0 Å². The Kier molecular flexibility index (Phi) is 2.09. The Morgan fingerprint density at radius 3 is 3.08 bits per heavy atom. The van der Waals surface area contributed by atoms with Crippen molar-refractivity contribution in [3.8, 4) is 0 Å². The lowest BCUT2D eigenvalue weighted by atomic mass is 10.3. The molecule has 1 unspecified atom stereocenters. The highest BCUT2D eigenvalue weighted by Crippen LogP contribution is 2.20. The van der Waals surface area contributed by atoms with Crippen LogP contribution in [-0.4, -0.2) is 9.38 Å². The first kappa shape index (κ1) is 8.72. The van der Waals surface area contributed by atoms with Gasteiger partial charge in [0, 0.05) is 10.7 Å². The summed E-state index contributed by atoms with van der Waals surface area (Å²) < 4.78 is 3.03. The zero-order chi connectivity index (χ0) is 9.42. The first-order chi connectivity index (χ1) is 6.20. The van der Waals surface area contributed by atoms with Gasteiger partial charge in [-0.05, 0) is 35.0 Å². The van der Waals surface area contributed by atoms with Crippen LogP contribution in [0.3, 0.4) is 0 Å². The van der Waals surface area contributed by atoms with E-state index in [1.54, 1.807) is 0 Å². The van der Waals surface area contributed by atoms with Gasteiger partial charge < -0.3 is 10.1 Å². The van der Waals surface area contributed by atoms with Crippen molar-refractivity contribution >= 4 is 21.4 Å². The highest BCUT2D eigenvalue weighted by atomic mass is 79.9. The molecule has 0 aliphatic carbocycles. The molecule has 0 aromatic carbocycles. The number of halogens is 1. The molecule has 4 heteroatoms. The van der Waals surface area contributed by atoms with Crippen LogP contribution in [0.1, 0.15) is 18.8 Å². The summed E-state index contributed by atoms with van der Waals surface area (Å²) in [6.45, 7) is 1.93. The normalized spacial score (nSPS) is 13.5. The highest BCUT2D eigenvalue weighted by Gasteiger charge is 2.08. The Hall–Kier alpha value is -0.870. The van der Waals surface area contributed by atoms with Crippen LogP contribution in [0.2, 0.25) is 0 Å². The van der Waals surface area contributed by atoms with Gasteiger partial charge in [-0.2, -0.15) is 0 Å². The number of pyridine rings is 1. The van der Waals surface area contributed by atoms with Crippen molar-refractivity contribution in [1.29, 1.82) is 0 Å². The van der Waals surface area contributed by atoms with Crippen LogP contribution in [-0.2, 0) is 0 Å². The molecular formula is C9H10BrN3. The summed E-state index contributed by atoms with van der Waals surface area (Å²) in [6, 6.07) is 3.91. The van der Waals surface area contributed by atoms with Gasteiger partial charge in [-0.25, -0.2) is 4.98 Å². The fraction of sp³-hybridized carbons (Fsp3) is 0.222. The van der Waals surface area contributed by atoms with E-state index in [4.69, 9.17) is 5.73 Å². The summed E-state index contributed by atoms with van der Waals surface area (Å²) in [7, 11) is 0. The standard InChI is InChI=1S/C9H10BrN3/c1-6(11)9-12-5-8-7(10)3-2-4-13(8)9/h2-6H,11H2,1H3. The lowest BCUT2D eigenvalue weighted by molar-refractivity contribution is 0.735. The molecular weight excluding hydrogens is 230 g/mol. The van der Waals surface area contributed by atoms with Crippen LogP contribution in [0.4, 0.5) is 0 Å². The van der Waals surface area contributed by atoms with Gasteiger partial charge in [0.25, 0.3) is 0 Å². The monoisotopic (exact) mass is 239 g/mol. The van der Waals surface area contributed by atoms with Crippen LogP contribution >= 0.6 is 15.9 Å². The number of nitrogens with two attached hydrogens (primary N) is 1. The molecule has 1 atom stereocenters. The third-order valence-corrected chi connectivity index (χ3v) is 2.63. The van der Waals surface area contributed by atoms with E-state index < -0.39 is 0 Å². The molecule has 0 aliphatic heterocycles. The molecule has 0 saturated carbocycles. The summed E-state index contributed by atoms with van der Waals surface area (Å²) in [4.78, 5) is 4.26. The number of hydrogen-bond acceptors (Lipinski definition) is 2. The van der Waals surface area contributed by atoms with Gasteiger partial charge in [-0.3, -0.25) is 0 Å². The molecule has 0 saturated heterocycles. The molecule has 2 aromatic rings. The third kappa shape index (κ3) is 1.36. The minimum Gasteiger partial charge on any atom is -0.322 e. The first-order valence-electron chi connectivity index (χ1n) is 4.07. The summed E-state index contributed by atoms with van der Waals surface area (Å²) >= 11 is 3.46. The van der Waals surface area contributed by atoms with Crippen molar-refractivity contribution in [2.24, 2.45) is 5.73 Å². The van der Waals surface area contributed by atoms with E-state index >= 15 is 0 Å². The van der Waals surface area contributed by atoms with Crippen molar-refractivity contribution in [2.75, 3.05) is 0 Å². The van der Waals surface area contributed by atoms with E-state index in [9.17, 15) is 0 Å². The summed E-state index contributed by atoms with van der Waals surface area (Å²) in [5, 5.41) is 0. The second-order valence-electron chi connectivity index (χ2n) is 3.02. The molecule has 2 N–H and O–H groups in total. The second kappa shape index (κ2) is 3.12. The molecule has 0 bridgehead atoms. The molecule has 0 amide bonds. The Morgan fingerprint density at radius 1 is 1.62 bits per heavy atom.